The highest BCUT2D eigenvalue weighted by molar-refractivity contribution is 8.00. The number of thioether (sulfide) groups is 1. The molecule has 0 radical (unpaired) electrons. The van der Waals surface area contributed by atoms with Gasteiger partial charge in [0, 0.05) is 37.4 Å². The van der Waals surface area contributed by atoms with E-state index >= 15 is 0 Å². The quantitative estimate of drug-likeness (QED) is 0.733. The molecule has 1 aromatic carbocycles. The van der Waals surface area contributed by atoms with Crippen LogP contribution in [-0.4, -0.2) is 51.9 Å². The second kappa shape index (κ2) is 8.35. The monoisotopic (exact) mass is 414 g/mol. The number of hydrogen-bond acceptors (Lipinski definition) is 3. The zero-order valence-electron chi connectivity index (χ0n) is 15.9. The molecule has 0 unspecified atom stereocenters. The number of nitrogens with zero attached hydrogens (tertiary/aromatic N) is 2. The Kier molecular flexibility index (Phi) is 6.27. The van der Waals surface area contributed by atoms with Crippen molar-refractivity contribution in [2.24, 2.45) is 0 Å². The average molecular weight is 414 g/mol. The first-order chi connectivity index (χ1) is 13.3. The highest BCUT2D eigenvalue weighted by Gasteiger charge is 2.47. The summed E-state index contributed by atoms with van der Waals surface area (Å²) in [7, 11) is 0. The number of halogens is 3. The molecule has 2 aliphatic rings. The zero-order chi connectivity index (χ0) is 20.4. The van der Waals surface area contributed by atoms with Gasteiger partial charge in [-0.25, -0.2) is 0 Å². The molecular weight excluding hydrogens is 389 g/mol. The predicted octanol–water partition coefficient (Wildman–Crippen LogP) is 4.40. The third kappa shape index (κ3) is 4.31. The number of unbranched alkanes of at least 4 members (excludes halogenated alkanes) is 1. The highest BCUT2D eigenvalue weighted by Crippen LogP contribution is 2.44. The third-order valence-electron chi connectivity index (χ3n) is 5.52. The summed E-state index contributed by atoms with van der Waals surface area (Å²) < 4.78 is 38.3. The van der Waals surface area contributed by atoms with Crippen LogP contribution in [0.5, 0.6) is 0 Å². The first kappa shape index (κ1) is 21.0. The van der Waals surface area contributed by atoms with E-state index in [0.29, 0.717) is 38.9 Å². The van der Waals surface area contributed by atoms with Crippen molar-refractivity contribution in [2.45, 2.75) is 50.1 Å². The summed E-state index contributed by atoms with van der Waals surface area (Å²) in [5.74, 6) is 0.737. The summed E-state index contributed by atoms with van der Waals surface area (Å²) in [6.45, 7) is 3.87. The molecule has 2 saturated heterocycles. The number of carbonyl (C=O) groups excluding carboxylic acids is 2. The molecule has 0 N–H and O–H groups in total. The Morgan fingerprint density at radius 2 is 1.75 bits per heavy atom. The average Bonchev–Trinajstić information content (AvgIpc) is 3.08. The van der Waals surface area contributed by atoms with Crippen LogP contribution < -0.4 is 0 Å². The maximum absolute atomic E-state index is 13.0. The molecule has 1 spiro atoms. The number of benzene rings is 1. The van der Waals surface area contributed by atoms with E-state index in [0.717, 1.165) is 30.7 Å². The molecule has 28 heavy (non-hydrogen) atoms. The second-order valence-electron chi connectivity index (χ2n) is 7.31. The summed E-state index contributed by atoms with van der Waals surface area (Å²) in [4.78, 5) is 28.6. The molecule has 0 aromatic heterocycles. The van der Waals surface area contributed by atoms with Crippen LogP contribution in [0.25, 0.3) is 0 Å². The maximum atomic E-state index is 13.0. The number of amides is 2. The molecule has 2 heterocycles. The smallest absolute Gasteiger partial charge is 0.342 e. The van der Waals surface area contributed by atoms with Crippen molar-refractivity contribution >= 4 is 23.6 Å². The van der Waals surface area contributed by atoms with Gasteiger partial charge in [0.25, 0.3) is 5.91 Å². The van der Waals surface area contributed by atoms with Crippen molar-refractivity contribution in [3.05, 3.63) is 35.4 Å². The van der Waals surface area contributed by atoms with Gasteiger partial charge in [-0.05, 0) is 43.5 Å². The van der Waals surface area contributed by atoms with Gasteiger partial charge in [-0.1, -0.05) is 13.3 Å². The van der Waals surface area contributed by atoms with Crippen molar-refractivity contribution in [2.75, 3.05) is 25.4 Å². The van der Waals surface area contributed by atoms with Crippen LogP contribution in [0, 0.1) is 0 Å². The van der Waals surface area contributed by atoms with Gasteiger partial charge in [0.2, 0.25) is 5.91 Å². The minimum Gasteiger partial charge on any atom is -0.342 e. The second-order valence-corrected chi connectivity index (χ2v) is 8.77. The number of likely N-dealkylation sites (tertiary alicyclic amines) is 1. The Balaban J connectivity index is 1.68. The lowest BCUT2D eigenvalue weighted by molar-refractivity contribution is -0.137. The van der Waals surface area contributed by atoms with Crippen molar-refractivity contribution < 1.29 is 22.8 Å². The minimum atomic E-state index is -4.41. The van der Waals surface area contributed by atoms with Crippen LogP contribution in [0.4, 0.5) is 13.2 Å². The maximum Gasteiger partial charge on any atom is 0.416 e. The van der Waals surface area contributed by atoms with Crippen molar-refractivity contribution in [3.8, 4) is 0 Å². The largest absolute Gasteiger partial charge is 0.416 e. The molecule has 2 aliphatic heterocycles. The number of carbonyl (C=O) groups is 2. The molecule has 0 atom stereocenters. The molecule has 8 heteroatoms. The topological polar surface area (TPSA) is 40.6 Å². The highest BCUT2D eigenvalue weighted by atomic mass is 32.2. The van der Waals surface area contributed by atoms with Crippen molar-refractivity contribution in [3.63, 3.8) is 0 Å². The fourth-order valence-electron chi connectivity index (χ4n) is 3.86. The van der Waals surface area contributed by atoms with Crippen LogP contribution in [-0.2, 0) is 11.0 Å². The fraction of sp³-hybridized carbons (Fsp3) is 0.600. The van der Waals surface area contributed by atoms with E-state index in [2.05, 4.69) is 6.92 Å². The van der Waals surface area contributed by atoms with Crippen LogP contribution in [0.15, 0.2) is 24.3 Å². The first-order valence-electron chi connectivity index (χ1n) is 9.68. The van der Waals surface area contributed by atoms with Gasteiger partial charge in [-0.2, -0.15) is 13.2 Å². The lowest BCUT2D eigenvalue weighted by Gasteiger charge is -2.44. The third-order valence-corrected chi connectivity index (χ3v) is 7.08. The van der Waals surface area contributed by atoms with Gasteiger partial charge >= 0.3 is 6.18 Å². The summed E-state index contributed by atoms with van der Waals surface area (Å²) >= 11 is 1.72. The standard InChI is InChI=1S/C20H25F3N2O2S/c1-2-3-4-17(26)24-11-9-19(10-12-24)25(13-14-28-19)18(27)15-5-7-16(8-6-15)20(21,22)23/h5-8H,2-4,9-14H2,1H3. The van der Waals surface area contributed by atoms with E-state index in [1.54, 1.807) is 16.7 Å². The fourth-order valence-corrected chi connectivity index (χ4v) is 5.31. The van der Waals surface area contributed by atoms with Gasteiger partial charge in [-0.15, -0.1) is 11.8 Å². The number of piperidine rings is 1. The van der Waals surface area contributed by atoms with Crippen LogP contribution >= 0.6 is 11.8 Å². The molecule has 0 saturated carbocycles. The Hall–Kier alpha value is -1.70. The van der Waals surface area contributed by atoms with Crippen molar-refractivity contribution in [1.82, 2.24) is 9.80 Å². The Labute approximate surface area is 167 Å². The summed E-state index contributed by atoms with van der Waals surface area (Å²) in [5.41, 5.74) is -0.482. The number of rotatable bonds is 4. The first-order valence-corrected chi connectivity index (χ1v) is 10.7. The van der Waals surface area contributed by atoms with E-state index in [9.17, 15) is 22.8 Å². The molecule has 2 amide bonds. The molecule has 0 aliphatic carbocycles. The summed E-state index contributed by atoms with van der Waals surface area (Å²) in [6, 6.07) is 4.42. The van der Waals surface area contributed by atoms with Crippen LogP contribution in [0.1, 0.15) is 54.9 Å². The number of hydrogen-bond donors (Lipinski definition) is 0. The van der Waals surface area contributed by atoms with Crippen molar-refractivity contribution in [1.29, 1.82) is 0 Å². The SMILES string of the molecule is CCCCC(=O)N1CCC2(CC1)SCCN2C(=O)c1ccc(C(F)(F)F)cc1. The van der Waals surface area contributed by atoms with Gasteiger partial charge in [0.15, 0.2) is 0 Å². The van der Waals surface area contributed by atoms with E-state index in [-0.39, 0.29) is 22.2 Å². The van der Waals surface area contributed by atoms with E-state index < -0.39 is 11.7 Å². The van der Waals surface area contributed by atoms with Gasteiger partial charge in [0.05, 0.1) is 10.4 Å². The van der Waals surface area contributed by atoms with Crippen LogP contribution in [0.3, 0.4) is 0 Å². The van der Waals surface area contributed by atoms with Gasteiger partial charge < -0.3 is 9.80 Å². The molecule has 0 bridgehead atoms. The van der Waals surface area contributed by atoms with E-state index in [1.807, 2.05) is 4.90 Å². The molecule has 2 fully saturated rings. The summed E-state index contributed by atoms with van der Waals surface area (Å²) in [6.07, 6.45) is -0.597. The minimum absolute atomic E-state index is 0.167. The molecule has 3 rings (SSSR count). The van der Waals surface area contributed by atoms with Gasteiger partial charge in [0.1, 0.15) is 0 Å². The molecule has 4 nitrogen and oxygen atoms in total. The summed E-state index contributed by atoms with van der Waals surface area (Å²) in [5, 5.41) is 0. The van der Waals surface area contributed by atoms with Gasteiger partial charge in [-0.3, -0.25) is 9.59 Å². The molecular formula is C20H25F3N2O2S. The zero-order valence-corrected chi connectivity index (χ0v) is 16.7. The normalized spacial score (nSPS) is 19.3. The Bertz CT molecular complexity index is 713. The Morgan fingerprint density at radius 3 is 2.32 bits per heavy atom. The van der Waals surface area contributed by atoms with E-state index in [4.69, 9.17) is 0 Å². The lowest BCUT2D eigenvalue weighted by Crippen LogP contribution is -2.53. The Morgan fingerprint density at radius 1 is 1.11 bits per heavy atom. The molecule has 154 valence electrons. The van der Waals surface area contributed by atoms with Crippen LogP contribution in [0.2, 0.25) is 0 Å². The van der Waals surface area contributed by atoms with E-state index in [1.165, 1.54) is 12.1 Å². The lowest BCUT2D eigenvalue weighted by atomic mass is 10.00. The molecule has 1 aromatic rings. The predicted molar refractivity (Wildman–Crippen MR) is 103 cm³/mol. The number of alkyl halides is 3.